The van der Waals surface area contributed by atoms with Crippen LogP contribution >= 0.6 is 0 Å². The molecule has 1 atom stereocenters. The minimum Gasteiger partial charge on any atom is -0.465 e. The van der Waals surface area contributed by atoms with E-state index in [1.54, 1.807) is 12.1 Å². The van der Waals surface area contributed by atoms with E-state index < -0.39 is 7.12 Å². The summed E-state index contributed by atoms with van der Waals surface area (Å²) in [6, 6.07) is 5.55. The fourth-order valence-corrected chi connectivity index (χ4v) is 2.65. The number of carbonyl (C=O) groups excluding carboxylic acids is 1. The van der Waals surface area contributed by atoms with Gasteiger partial charge in [0.1, 0.15) is 0 Å². The van der Waals surface area contributed by atoms with Crippen molar-refractivity contribution in [2.24, 2.45) is 0 Å². The quantitative estimate of drug-likeness (QED) is 0.613. The predicted octanol–water partition coefficient (Wildman–Crippen LogP) is 2.08. The van der Waals surface area contributed by atoms with E-state index >= 15 is 0 Å². The minimum atomic E-state index is -0.447. The molecule has 1 aliphatic heterocycles. The first-order chi connectivity index (χ1) is 9.30. The Bertz CT molecular complexity index is 513. The first-order valence-electron chi connectivity index (χ1n) is 6.84. The molecule has 1 heterocycles. The number of hydrogen-bond donors (Lipinski definition) is 0. The molecule has 0 spiro atoms. The lowest BCUT2D eigenvalue weighted by Crippen LogP contribution is -2.51. The molecule has 5 heteroatoms. The molecule has 0 aromatic heterocycles. The molecule has 1 unspecified atom stereocenters. The summed E-state index contributed by atoms with van der Waals surface area (Å²) in [4.78, 5) is 11.7. The van der Waals surface area contributed by atoms with Gasteiger partial charge >= 0.3 is 13.1 Å². The van der Waals surface area contributed by atoms with Crippen molar-refractivity contribution in [3.05, 3.63) is 29.3 Å². The zero-order chi connectivity index (χ0) is 14.9. The molecule has 0 aliphatic carbocycles. The lowest BCUT2D eigenvalue weighted by Gasteiger charge is -2.38. The second kappa shape index (κ2) is 5.58. The van der Waals surface area contributed by atoms with Gasteiger partial charge in [-0.3, -0.25) is 0 Å². The van der Waals surface area contributed by atoms with Gasteiger partial charge in [-0.15, -0.1) is 0 Å². The monoisotopic (exact) mass is 276 g/mol. The van der Waals surface area contributed by atoms with Crippen LogP contribution in [0.15, 0.2) is 18.2 Å². The molecule has 20 heavy (non-hydrogen) atoms. The molecule has 1 aliphatic rings. The van der Waals surface area contributed by atoms with Gasteiger partial charge in [-0.25, -0.2) is 4.79 Å². The number of aryl methyl sites for hydroxylation is 1. The second-order valence-corrected chi connectivity index (χ2v) is 5.98. The van der Waals surface area contributed by atoms with Crippen LogP contribution in [0.3, 0.4) is 0 Å². The lowest BCUT2D eigenvalue weighted by atomic mass is 9.74. The maximum absolute atomic E-state index is 11.7. The Balaban J connectivity index is 2.32. The lowest BCUT2D eigenvalue weighted by molar-refractivity contribution is -0.0229. The summed E-state index contributed by atoms with van der Waals surface area (Å²) in [7, 11) is 0.931. The molecule has 1 fully saturated rings. The Labute approximate surface area is 120 Å². The maximum Gasteiger partial charge on any atom is 0.494 e. The standard InChI is InChI=1S/C15H21BO4/c1-10-6-12(14(17)18-5)8-13(7-10)16-19-11(2)9-15(3,4)20-16/h6-8,11H,9H2,1-5H3. The van der Waals surface area contributed by atoms with Crippen molar-refractivity contribution >= 4 is 18.6 Å². The molecule has 2 rings (SSSR count). The van der Waals surface area contributed by atoms with Crippen molar-refractivity contribution in [1.29, 1.82) is 0 Å². The molecular formula is C15H21BO4. The predicted molar refractivity (Wildman–Crippen MR) is 78.2 cm³/mol. The van der Waals surface area contributed by atoms with Crippen molar-refractivity contribution in [2.75, 3.05) is 7.11 Å². The SMILES string of the molecule is COC(=O)c1cc(C)cc(B2OC(C)CC(C)(C)O2)c1. The van der Waals surface area contributed by atoms with Gasteiger partial charge in [0, 0.05) is 6.10 Å². The van der Waals surface area contributed by atoms with Crippen LogP contribution in [-0.4, -0.2) is 31.9 Å². The summed E-state index contributed by atoms with van der Waals surface area (Å²) in [5, 5.41) is 0. The van der Waals surface area contributed by atoms with E-state index in [1.807, 2.05) is 19.9 Å². The van der Waals surface area contributed by atoms with Crippen LogP contribution in [0.4, 0.5) is 0 Å². The summed E-state index contributed by atoms with van der Waals surface area (Å²) in [5.41, 5.74) is 2.11. The summed E-state index contributed by atoms with van der Waals surface area (Å²) in [6.07, 6.45) is 0.963. The first kappa shape index (κ1) is 15.1. The normalized spacial score (nSPS) is 21.6. The number of esters is 1. The fraction of sp³-hybridized carbons (Fsp3) is 0.533. The third kappa shape index (κ3) is 3.41. The Kier molecular flexibility index (Phi) is 4.21. The third-order valence-corrected chi connectivity index (χ3v) is 3.35. The highest BCUT2D eigenvalue weighted by molar-refractivity contribution is 6.61. The van der Waals surface area contributed by atoms with Crippen LogP contribution in [-0.2, 0) is 14.0 Å². The highest BCUT2D eigenvalue weighted by atomic mass is 16.6. The molecule has 0 saturated carbocycles. The average Bonchev–Trinajstić information content (AvgIpc) is 2.34. The molecule has 0 amide bonds. The van der Waals surface area contributed by atoms with Crippen LogP contribution in [0.25, 0.3) is 0 Å². The van der Waals surface area contributed by atoms with Gasteiger partial charge in [0.2, 0.25) is 0 Å². The van der Waals surface area contributed by atoms with Gasteiger partial charge < -0.3 is 14.0 Å². The van der Waals surface area contributed by atoms with Crippen LogP contribution < -0.4 is 5.46 Å². The van der Waals surface area contributed by atoms with E-state index in [9.17, 15) is 4.79 Å². The molecule has 4 nitrogen and oxygen atoms in total. The van der Waals surface area contributed by atoms with E-state index in [4.69, 9.17) is 14.0 Å². The summed E-state index contributed by atoms with van der Waals surface area (Å²) < 4.78 is 16.6. The Morgan fingerprint density at radius 1 is 1.40 bits per heavy atom. The van der Waals surface area contributed by atoms with E-state index in [2.05, 4.69) is 13.8 Å². The molecular weight excluding hydrogens is 255 g/mol. The van der Waals surface area contributed by atoms with Crippen LogP contribution in [0.5, 0.6) is 0 Å². The van der Waals surface area contributed by atoms with E-state index in [1.165, 1.54) is 7.11 Å². The molecule has 0 radical (unpaired) electrons. The van der Waals surface area contributed by atoms with Crippen molar-refractivity contribution in [1.82, 2.24) is 0 Å². The fourth-order valence-electron chi connectivity index (χ4n) is 2.65. The Morgan fingerprint density at radius 2 is 2.10 bits per heavy atom. The maximum atomic E-state index is 11.7. The average molecular weight is 276 g/mol. The molecule has 1 saturated heterocycles. The number of ether oxygens (including phenoxy) is 1. The van der Waals surface area contributed by atoms with Crippen molar-refractivity contribution in [3.63, 3.8) is 0 Å². The van der Waals surface area contributed by atoms with E-state index in [0.717, 1.165) is 17.4 Å². The van der Waals surface area contributed by atoms with Crippen molar-refractivity contribution in [3.8, 4) is 0 Å². The van der Waals surface area contributed by atoms with Crippen molar-refractivity contribution in [2.45, 2.75) is 45.8 Å². The van der Waals surface area contributed by atoms with E-state index in [0.29, 0.717) is 5.56 Å². The van der Waals surface area contributed by atoms with Gasteiger partial charge in [-0.2, -0.15) is 0 Å². The minimum absolute atomic E-state index is 0.117. The highest BCUT2D eigenvalue weighted by Crippen LogP contribution is 2.25. The summed E-state index contributed by atoms with van der Waals surface area (Å²) in [6.45, 7) is 8.08. The summed E-state index contributed by atoms with van der Waals surface area (Å²) >= 11 is 0. The molecule has 1 aromatic carbocycles. The first-order valence-corrected chi connectivity index (χ1v) is 6.84. The van der Waals surface area contributed by atoms with Gasteiger partial charge in [-0.05, 0) is 51.7 Å². The smallest absolute Gasteiger partial charge is 0.465 e. The van der Waals surface area contributed by atoms with Gasteiger partial charge in [-0.1, -0.05) is 11.6 Å². The molecule has 0 N–H and O–H groups in total. The number of benzene rings is 1. The molecule has 0 bridgehead atoms. The number of carbonyl (C=O) groups is 1. The van der Waals surface area contributed by atoms with Crippen molar-refractivity contribution < 1.29 is 18.8 Å². The zero-order valence-corrected chi connectivity index (χ0v) is 12.7. The highest BCUT2D eigenvalue weighted by Gasteiger charge is 2.38. The molecule has 1 aromatic rings. The summed E-state index contributed by atoms with van der Waals surface area (Å²) in [5.74, 6) is -0.349. The number of hydrogen-bond acceptors (Lipinski definition) is 4. The molecule has 108 valence electrons. The second-order valence-electron chi connectivity index (χ2n) is 5.98. The zero-order valence-electron chi connectivity index (χ0n) is 12.7. The largest absolute Gasteiger partial charge is 0.494 e. The van der Waals surface area contributed by atoms with Gasteiger partial charge in [0.25, 0.3) is 0 Å². The van der Waals surface area contributed by atoms with Crippen LogP contribution in [0, 0.1) is 6.92 Å². The van der Waals surface area contributed by atoms with Gasteiger partial charge in [0.15, 0.2) is 0 Å². The Morgan fingerprint density at radius 3 is 2.70 bits per heavy atom. The topological polar surface area (TPSA) is 44.8 Å². The number of methoxy groups -OCH3 is 1. The Hall–Kier alpha value is -1.33. The third-order valence-electron chi connectivity index (χ3n) is 3.35. The van der Waals surface area contributed by atoms with Crippen LogP contribution in [0.1, 0.15) is 43.1 Å². The van der Waals surface area contributed by atoms with E-state index in [-0.39, 0.29) is 17.7 Å². The number of rotatable bonds is 2. The van der Waals surface area contributed by atoms with Crippen LogP contribution in [0.2, 0.25) is 0 Å². The van der Waals surface area contributed by atoms with Gasteiger partial charge in [0.05, 0.1) is 18.3 Å².